The van der Waals surface area contributed by atoms with Gasteiger partial charge in [0.05, 0.1) is 11.3 Å². The number of likely N-dealkylation sites (N-methyl/N-ethyl adjacent to an activating group) is 1. The summed E-state index contributed by atoms with van der Waals surface area (Å²) in [5.74, 6) is -1.23. The summed E-state index contributed by atoms with van der Waals surface area (Å²) in [6, 6.07) is 2.28. The first-order valence-corrected chi connectivity index (χ1v) is 5.03. The summed E-state index contributed by atoms with van der Waals surface area (Å²) >= 11 is 5.51. The second-order valence-corrected chi connectivity index (χ2v) is 3.97. The van der Waals surface area contributed by atoms with Crippen LogP contribution in [-0.2, 0) is 11.2 Å². The van der Waals surface area contributed by atoms with E-state index < -0.39 is 21.5 Å². The number of rotatable bonds is 3. The van der Waals surface area contributed by atoms with Crippen LogP contribution in [0.5, 0.6) is 0 Å². The van der Waals surface area contributed by atoms with Crippen LogP contribution in [-0.4, -0.2) is 29.8 Å². The zero-order valence-electron chi connectivity index (χ0n) is 9.24. The van der Waals surface area contributed by atoms with Crippen molar-refractivity contribution in [3.05, 3.63) is 38.7 Å². The van der Waals surface area contributed by atoms with Gasteiger partial charge in [-0.1, -0.05) is 11.6 Å². The molecule has 0 N–H and O–H groups in total. The summed E-state index contributed by atoms with van der Waals surface area (Å²) in [6.07, 6.45) is -0.184. The van der Waals surface area contributed by atoms with Gasteiger partial charge >= 0.3 is 0 Å². The Kier molecular flexibility index (Phi) is 4.01. The first-order valence-electron chi connectivity index (χ1n) is 4.66. The number of hydrogen-bond donors (Lipinski definition) is 0. The molecule has 0 aliphatic heterocycles. The minimum atomic E-state index is -0.920. The highest BCUT2D eigenvalue weighted by molar-refractivity contribution is 6.32. The second kappa shape index (κ2) is 5.09. The predicted molar refractivity (Wildman–Crippen MR) is 60.5 cm³/mol. The monoisotopic (exact) mass is 260 g/mol. The lowest BCUT2D eigenvalue weighted by Gasteiger charge is -2.10. The number of nitro groups is 1. The van der Waals surface area contributed by atoms with Gasteiger partial charge in [-0.25, -0.2) is 4.39 Å². The van der Waals surface area contributed by atoms with Crippen LogP contribution in [0.2, 0.25) is 5.02 Å². The van der Waals surface area contributed by atoms with Crippen LogP contribution in [0.3, 0.4) is 0 Å². The summed E-state index contributed by atoms with van der Waals surface area (Å²) in [4.78, 5) is 22.4. The van der Waals surface area contributed by atoms with Gasteiger partial charge in [-0.2, -0.15) is 0 Å². The molecule has 0 atom stereocenters. The molecule has 0 aromatic heterocycles. The molecule has 1 aromatic rings. The average Bonchev–Trinajstić information content (AvgIpc) is 2.24. The van der Waals surface area contributed by atoms with E-state index in [4.69, 9.17) is 11.6 Å². The Hall–Kier alpha value is -1.69. The Morgan fingerprint density at radius 2 is 2.12 bits per heavy atom. The van der Waals surface area contributed by atoms with Crippen LogP contribution < -0.4 is 0 Å². The number of carbonyl (C=O) groups excluding carboxylic acids is 1. The van der Waals surface area contributed by atoms with E-state index in [1.165, 1.54) is 25.1 Å². The van der Waals surface area contributed by atoms with Crippen molar-refractivity contribution >= 4 is 23.2 Å². The molecule has 0 bridgehead atoms. The maximum absolute atomic E-state index is 13.6. The molecule has 0 aliphatic rings. The van der Waals surface area contributed by atoms with E-state index in [-0.39, 0.29) is 17.9 Å². The third-order valence-electron chi connectivity index (χ3n) is 2.18. The SMILES string of the molecule is CN(C)C(=O)Cc1ccc([N+](=O)[O-])c(Cl)c1F. The number of hydrogen-bond acceptors (Lipinski definition) is 3. The third kappa shape index (κ3) is 2.91. The number of amides is 1. The maximum atomic E-state index is 13.6. The van der Waals surface area contributed by atoms with Crippen molar-refractivity contribution in [1.29, 1.82) is 0 Å². The predicted octanol–water partition coefficient (Wildman–Crippen LogP) is 2.02. The van der Waals surface area contributed by atoms with Crippen molar-refractivity contribution in [2.24, 2.45) is 0 Å². The Morgan fingerprint density at radius 1 is 1.53 bits per heavy atom. The maximum Gasteiger partial charge on any atom is 0.290 e. The number of benzene rings is 1. The Bertz CT molecular complexity index is 477. The topological polar surface area (TPSA) is 63.5 Å². The highest BCUT2D eigenvalue weighted by Crippen LogP contribution is 2.29. The molecule has 0 saturated carbocycles. The molecule has 5 nitrogen and oxygen atoms in total. The second-order valence-electron chi connectivity index (χ2n) is 3.59. The Labute approximate surface area is 102 Å². The van der Waals surface area contributed by atoms with Gasteiger partial charge in [0.1, 0.15) is 0 Å². The van der Waals surface area contributed by atoms with E-state index in [2.05, 4.69) is 0 Å². The van der Waals surface area contributed by atoms with E-state index in [0.29, 0.717) is 0 Å². The standard InChI is InChI=1S/C10H10ClFN2O3/c1-13(2)8(15)5-6-3-4-7(14(16)17)9(11)10(6)12/h3-4H,5H2,1-2H3. The lowest BCUT2D eigenvalue weighted by Crippen LogP contribution is -2.24. The van der Waals surface area contributed by atoms with Crippen molar-refractivity contribution in [3.8, 4) is 0 Å². The van der Waals surface area contributed by atoms with Gasteiger partial charge in [-0.15, -0.1) is 0 Å². The van der Waals surface area contributed by atoms with Gasteiger partial charge in [0.2, 0.25) is 5.91 Å². The van der Waals surface area contributed by atoms with Crippen LogP contribution in [0.15, 0.2) is 12.1 Å². The third-order valence-corrected chi connectivity index (χ3v) is 2.54. The quantitative estimate of drug-likeness (QED) is 0.617. The van der Waals surface area contributed by atoms with Gasteiger partial charge in [0.15, 0.2) is 10.8 Å². The summed E-state index contributed by atoms with van der Waals surface area (Å²) in [5.41, 5.74) is -0.468. The van der Waals surface area contributed by atoms with Gasteiger partial charge < -0.3 is 4.90 Å². The van der Waals surface area contributed by atoms with Crippen molar-refractivity contribution < 1.29 is 14.1 Å². The normalized spacial score (nSPS) is 10.1. The van der Waals surface area contributed by atoms with Crippen LogP contribution in [0, 0.1) is 15.9 Å². The summed E-state index contributed by atoms with van der Waals surface area (Å²) in [5, 5.41) is 9.92. The van der Waals surface area contributed by atoms with Crippen molar-refractivity contribution in [2.45, 2.75) is 6.42 Å². The van der Waals surface area contributed by atoms with E-state index in [0.717, 1.165) is 6.07 Å². The van der Waals surface area contributed by atoms with Crippen LogP contribution >= 0.6 is 11.6 Å². The summed E-state index contributed by atoms with van der Waals surface area (Å²) in [7, 11) is 3.07. The fraction of sp³-hybridized carbons (Fsp3) is 0.300. The van der Waals surface area contributed by atoms with Crippen LogP contribution in [0.1, 0.15) is 5.56 Å². The number of halogens is 2. The molecule has 0 aliphatic carbocycles. The zero-order chi connectivity index (χ0) is 13.2. The first kappa shape index (κ1) is 13.4. The smallest absolute Gasteiger partial charge is 0.290 e. The minimum Gasteiger partial charge on any atom is -0.349 e. The van der Waals surface area contributed by atoms with E-state index in [9.17, 15) is 19.3 Å². The summed E-state index contributed by atoms with van der Waals surface area (Å²) in [6.45, 7) is 0. The molecule has 0 radical (unpaired) electrons. The molecule has 1 amide bonds. The van der Waals surface area contributed by atoms with Gasteiger partial charge in [0.25, 0.3) is 5.69 Å². The van der Waals surface area contributed by atoms with Gasteiger partial charge in [-0.05, 0) is 11.6 Å². The van der Waals surface area contributed by atoms with Crippen molar-refractivity contribution in [3.63, 3.8) is 0 Å². The molecule has 0 spiro atoms. The van der Waals surface area contributed by atoms with Crippen LogP contribution in [0.4, 0.5) is 10.1 Å². The molecule has 1 aromatic carbocycles. The Balaban J connectivity index is 3.09. The molecule has 17 heavy (non-hydrogen) atoms. The van der Waals surface area contributed by atoms with Crippen molar-refractivity contribution in [1.82, 2.24) is 4.90 Å². The molecule has 0 heterocycles. The minimum absolute atomic E-state index is 0.0410. The highest BCUT2D eigenvalue weighted by atomic mass is 35.5. The number of nitrogens with zero attached hydrogens (tertiary/aromatic N) is 2. The number of nitro benzene ring substituents is 1. The molecule has 0 saturated heterocycles. The largest absolute Gasteiger partial charge is 0.349 e. The fourth-order valence-corrected chi connectivity index (χ4v) is 1.43. The highest BCUT2D eigenvalue weighted by Gasteiger charge is 2.20. The van der Waals surface area contributed by atoms with Gasteiger partial charge in [0, 0.05) is 20.2 Å². The lowest BCUT2D eigenvalue weighted by molar-refractivity contribution is -0.384. The molecule has 1 rings (SSSR count). The van der Waals surface area contributed by atoms with E-state index in [1.807, 2.05) is 0 Å². The van der Waals surface area contributed by atoms with Crippen LogP contribution in [0.25, 0.3) is 0 Å². The molecule has 0 unspecified atom stereocenters. The lowest BCUT2D eigenvalue weighted by atomic mass is 10.1. The first-order chi connectivity index (χ1) is 7.84. The van der Waals surface area contributed by atoms with Gasteiger partial charge in [-0.3, -0.25) is 14.9 Å². The molecule has 0 fully saturated rings. The fourth-order valence-electron chi connectivity index (χ4n) is 1.18. The zero-order valence-corrected chi connectivity index (χ0v) is 9.99. The number of carbonyl (C=O) groups is 1. The van der Waals surface area contributed by atoms with E-state index >= 15 is 0 Å². The average molecular weight is 261 g/mol. The van der Waals surface area contributed by atoms with Crippen molar-refractivity contribution in [2.75, 3.05) is 14.1 Å². The summed E-state index contributed by atoms with van der Waals surface area (Å²) < 4.78 is 13.6. The molecule has 92 valence electrons. The Morgan fingerprint density at radius 3 is 2.59 bits per heavy atom. The molecular formula is C10H10ClFN2O3. The van der Waals surface area contributed by atoms with E-state index in [1.54, 1.807) is 0 Å². The molecular weight excluding hydrogens is 251 g/mol. The molecule has 7 heteroatoms.